The second-order valence-electron chi connectivity index (χ2n) is 10.1. The first kappa shape index (κ1) is 27.4. The van der Waals surface area contributed by atoms with Crippen LogP contribution in [0.1, 0.15) is 38.2 Å². The largest absolute Gasteiger partial charge is 0.416 e. The highest BCUT2D eigenvalue weighted by atomic mass is 19.4. The third kappa shape index (κ3) is 6.68. The number of alkyl halides is 3. The molecule has 40 heavy (non-hydrogen) atoms. The number of aryl methyl sites for hydroxylation is 1. The summed E-state index contributed by atoms with van der Waals surface area (Å²) in [5, 5.41) is 3.65. The number of hydrogen-bond donors (Lipinski definition) is 1. The molecule has 1 aromatic heterocycles. The van der Waals surface area contributed by atoms with E-state index in [4.69, 9.17) is 0 Å². The number of hydrogen-bond acceptors (Lipinski definition) is 4. The van der Waals surface area contributed by atoms with Crippen LogP contribution < -0.4 is 5.32 Å². The summed E-state index contributed by atoms with van der Waals surface area (Å²) in [4.78, 5) is 21.9. The summed E-state index contributed by atoms with van der Waals surface area (Å²) in [5.74, 6) is 5.72. The maximum atomic E-state index is 13.7. The number of anilines is 1. The van der Waals surface area contributed by atoms with Crippen molar-refractivity contribution in [2.24, 2.45) is 0 Å². The zero-order valence-corrected chi connectivity index (χ0v) is 22.3. The van der Waals surface area contributed by atoms with Crippen LogP contribution >= 0.6 is 0 Å². The van der Waals surface area contributed by atoms with E-state index in [1.165, 1.54) is 0 Å². The fourth-order valence-corrected chi connectivity index (χ4v) is 4.66. The molecular formula is C32H29F3N4O. The maximum absolute atomic E-state index is 13.7. The second kappa shape index (κ2) is 11.5. The zero-order chi connectivity index (χ0) is 28.3. The number of aromatic nitrogens is 1. The van der Waals surface area contributed by atoms with Crippen LogP contribution in [0, 0.1) is 18.8 Å². The average Bonchev–Trinajstić information content (AvgIpc) is 2.93. The molecule has 0 radical (unpaired) electrons. The number of fused-ring (bicyclic) bond motifs is 1. The number of pyridine rings is 1. The van der Waals surface area contributed by atoms with Gasteiger partial charge in [-0.25, -0.2) is 0 Å². The summed E-state index contributed by atoms with van der Waals surface area (Å²) >= 11 is 0. The van der Waals surface area contributed by atoms with Gasteiger partial charge in [0.05, 0.1) is 11.1 Å². The van der Waals surface area contributed by atoms with E-state index in [0.29, 0.717) is 23.2 Å². The Morgan fingerprint density at radius 3 is 2.52 bits per heavy atom. The molecule has 1 fully saturated rings. The van der Waals surface area contributed by atoms with E-state index in [9.17, 15) is 18.0 Å². The lowest BCUT2D eigenvalue weighted by atomic mass is 10.0. The molecule has 204 valence electrons. The van der Waals surface area contributed by atoms with Crippen molar-refractivity contribution in [2.75, 3.05) is 38.5 Å². The number of carbonyl (C=O) groups is 1. The molecule has 8 heteroatoms. The Morgan fingerprint density at radius 1 is 0.975 bits per heavy atom. The number of halogens is 3. The fraction of sp³-hybridized carbons (Fsp3) is 0.250. The van der Waals surface area contributed by atoms with Crippen LogP contribution in [0.15, 0.2) is 72.9 Å². The molecule has 1 amide bonds. The van der Waals surface area contributed by atoms with Crippen LogP contribution in [0.3, 0.4) is 0 Å². The van der Waals surface area contributed by atoms with Crippen LogP contribution in [0.2, 0.25) is 0 Å². The van der Waals surface area contributed by atoms with Crippen molar-refractivity contribution in [1.82, 2.24) is 14.8 Å². The third-order valence-electron chi connectivity index (χ3n) is 7.01. The van der Waals surface area contributed by atoms with Crippen molar-refractivity contribution in [2.45, 2.75) is 19.6 Å². The van der Waals surface area contributed by atoms with Crippen LogP contribution in [-0.2, 0) is 12.7 Å². The molecule has 0 unspecified atom stereocenters. The summed E-state index contributed by atoms with van der Waals surface area (Å²) in [6.07, 6.45) is -2.82. The summed E-state index contributed by atoms with van der Waals surface area (Å²) in [7, 11) is 2.03. The highest BCUT2D eigenvalue weighted by molar-refractivity contribution is 6.04. The van der Waals surface area contributed by atoms with Gasteiger partial charge in [-0.15, -0.1) is 0 Å². The zero-order valence-electron chi connectivity index (χ0n) is 22.3. The SMILES string of the molecule is Cc1ccc(C(=O)Nc2cc(CN3CCN(C)CC3)cc(C(F)(F)F)c2)cc1C#Cc1cnc2ccccc2c1. The predicted molar refractivity (Wildman–Crippen MR) is 151 cm³/mol. The Kier molecular flexibility index (Phi) is 7.88. The Hall–Kier alpha value is -4.19. The Balaban J connectivity index is 1.37. The standard InChI is InChI=1S/C32H29F3N4O/c1-22-7-9-27(18-25(22)10-8-23-15-26-5-3-4-6-30(26)36-20-23)31(40)37-29-17-24(16-28(19-29)32(33,34)35)21-39-13-11-38(2)12-14-39/h3-7,9,15-20H,11-14,21H2,1-2H3,(H,37,40). The molecule has 1 saturated heterocycles. The van der Waals surface area contributed by atoms with E-state index in [0.717, 1.165) is 60.3 Å². The van der Waals surface area contributed by atoms with Gasteiger partial charge in [-0.05, 0) is 67.6 Å². The van der Waals surface area contributed by atoms with Gasteiger partial charge in [0.15, 0.2) is 0 Å². The van der Waals surface area contributed by atoms with E-state index in [-0.39, 0.29) is 5.69 Å². The number of nitrogens with zero attached hydrogens (tertiary/aromatic N) is 3. The van der Waals surface area contributed by atoms with Crippen LogP contribution in [0.4, 0.5) is 18.9 Å². The van der Waals surface area contributed by atoms with Crippen molar-refractivity contribution in [3.63, 3.8) is 0 Å². The van der Waals surface area contributed by atoms with Crippen LogP contribution in [-0.4, -0.2) is 53.9 Å². The topological polar surface area (TPSA) is 48.5 Å². The lowest BCUT2D eigenvalue weighted by Crippen LogP contribution is -2.43. The molecule has 1 aliphatic heterocycles. The normalized spacial score (nSPS) is 14.5. The van der Waals surface area contributed by atoms with Crippen LogP contribution in [0.25, 0.3) is 10.9 Å². The molecule has 5 rings (SSSR count). The average molecular weight is 543 g/mol. The molecule has 0 saturated carbocycles. The molecule has 0 bridgehead atoms. The minimum Gasteiger partial charge on any atom is -0.322 e. The number of carbonyl (C=O) groups excluding carboxylic acids is 1. The van der Waals surface area contributed by atoms with Gasteiger partial charge >= 0.3 is 6.18 Å². The molecule has 1 aliphatic rings. The number of nitrogens with one attached hydrogen (secondary N) is 1. The van der Waals surface area contributed by atoms with Gasteiger partial charge in [0, 0.05) is 66.7 Å². The highest BCUT2D eigenvalue weighted by Gasteiger charge is 2.31. The van der Waals surface area contributed by atoms with Gasteiger partial charge in [0.25, 0.3) is 5.91 Å². The van der Waals surface area contributed by atoms with Crippen molar-refractivity contribution >= 4 is 22.5 Å². The van der Waals surface area contributed by atoms with Crippen molar-refractivity contribution in [3.8, 4) is 11.8 Å². The molecule has 3 aromatic carbocycles. The number of piperazine rings is 1. The van der Waals surface area contributed by atoms with Gasteiger partial charge in [-0.1, -0.05) is 36.1 Å². The highest BCUT2D eigenvalue weighted by Crippen LogP contribution is 2.32. The first-order valence-corrected chi connectivity index (χ1v) is 13.0. The van der Waals surface area contributed by atoms with E-state index in [1.807, 2.05) is 44.3 Å². The van der Waals surface area contributed by atoms with E-state index in [1.54, 1.807) is 30.5 Å². The summed E-state index contributed by atoms with van der Waals surface area (Å²) in [6, 6.07) is 18.6. The molecule has 0 atom stereocenters. The van der Waals surface area contributed by atoms with Gasteiger partial charge in [0.2, 0.25) is 0 Å². The molecule has 1 N–H and O–H groups in total. The second-order valence-corrected chi connectivity index (χ2v) is 10.1. The van der Waals surface area contributed by atoms with E-state index >= 15 is 0 Å². The van der Waals surface area contributed by atoms with Crippen molar-refractivity contribution < 1.29 is 18.0 Å². The smallest absolute Gasteiger partial charge is 0.322 e. The van der Waals surface area contributed by atoms with Crippen molar-refractivity contribution in [3.05, 3.63) is 106 Å². The monoisotopic (exact) mass is 542 g/mol. The minimum absolute atomic E-state index is 0.111. The minimum atomic E-state index is -4.53. The molecule has 5 nitrogen and oxygen atoms in total. The lowest BCUT2D eigenvalue weighted by Gasteiger charge is -2.32. The van der Waals surface area contributed by atoms with Gasteiger partial charge in [0.1, 0.15) is 0 Å². The van der Waals surface area contributed by atoms with Gasteiger partial charge < -0.3 is 10.2 Å². The molecule has 0 spiro atoms. The number of likely N-dealkylation sites (N-methyl/N-ethyl adjacent to an activating group) is 1. The van der Waals surface area contributed by atoms with Crippen LogP contribution in [0.5, 0.6) is 0 Å². The fourth-order valence-electron chi connectivity index (χ4n) is 4.66. The predicted octanol–water partition coefficient (Wildman–Crippen LogP) is 5.96. The third-order valence-corrected chi connectivity index (χ3v) is 7.01. The maximum Gasteiger partial charge on any atom is 0.416 e. The summed E-state index contributed by atoms with van der Waals surface area (Å²) < 4.78 is 41.1. The van der Waals surface area contributed by atoms with Gasteiger partial charge in [-0.2, -0.15) is 13.2 Å². The van der Waals surface area contributed by atoms with E-state index in [2.05, 4.69) is 31.9 Å². The molecular weight excluding hydrogens is 513 g/mol. The Bertz CT molecular complexity index is 1610. The first-order chi connectivity index (χ1) is 19.1. The quantitative estimate of drug-likeness (QED) is 0.323. The summed E-state index contributed by atoms with van der Waals surface area (Å²) in [6.45, 7) is 5.54. The molecule has 0 aliphatic carbocycles. The molecule has 2 heterocycles. The number of amides is 1. The van der Waals surface area contributed by atoms with Gasteiger partial charge in [-0.3, -0.25) is 14.7 Å². The first-order valence-electron chi connectivity index (χ1n) is 13.0. The number of rotatable bonds is 4. The number of para-hydroxylation sites is 1. The van der Waals surface area contributed by atoms with E-state index < -0.39 is 17.6 Å². The Labute approximate surface area is 231 Å². The lowest BCUT2D eigenvalue weighted by molar-refractivity contribution is -0.137. The van der Waals surface area contributed by atoms with Crippen molar-refractivity contribution in [1.29, 1.82) is 0 Å². The summed E-state index contributed by atoms with van der Waals surface area (Å²) in [5.41, 5.74) is 3.30. The number of benzene rings is 3. The molecule has 4 aromatic rings. The Morgan fingerprint density at radius 2 is 1.75 bits per heavy atom.